The van der Waals surface area contributed by atoms with Gasteiger partial charge in [-0.15, -0.1) is 0 Å². The Morgan fingerprint density at radius 2 is 1.66 bits per heavy atom. The van der Waals surface area contributed by atoms with Crippen LogP contribution in [0.15, 0.2) is 65.5 Å². The lowest BCUT2D eigenvalue weighted by Gasteiger charge is -2.24. The third-order valence-corrected chi connectivity index (χ3v) is 6.74. The quantitative estimate of drug-likeness (QED) is 0.290. The molecule has 1 aliphatic heterocycles. The maximum atomic E-state index is 13.3. The maximum absolute atomic E-state index is 13.3. The van der Waals surface area contributed by atoms with Crippen molar-refractivity contribution >= 4 is 34.1 Å². The van der Waals surface area contributed by atoms with Crippen molar-refractivity contribution in [2.45, 2.75) is 32.4 Å². The van der Waals surface area contributed by atoms with E-state index in [0.29, 0.717) is 11.4 Å². The van der Waals surface area contributed by atoms with Crippen molar-refractivity contribution in [1.82, 2.24) is 19.5 Å². The highest BCUT2D eigenvalue weighted by atomic mass is 32.1. The van der Waals surface area contributed by atoms with Gasteiger partial charge in [0.05, 0.1) is 16.8 Å². The van der Waals surface area contributed by atoms with Crippen molar-refractivity contribution in [3.63, 3.8) is 0 Å². The Kier molecular flexibility index (Phi) is 5.96. The van der Waals surface area contributed by atoms with Crippen LogP contribution in [0.4, 0.5) is 0 Å². The Hall–Kier alpha value is -4.18. The molecule has 0 saturated heterocycles. The molecular formula is C25H20N4O5S. The highest BCUT2D eigenvalue weighted by Crippen LogP contribution is 2.26. The molecule has 2 amide bonds. The van der Waals surface area contributed by atoms with Crippen LogP contribution in [-0.4, -0.2) is 43.3 Å². The number of nitrogens with zero attached hydrogens (tertiary/aromatic N) is 4. The fourth-order valence-electron chi connectivity index (χ4n) is 3.96. The number of benzene rings is 2. The summed E-state index contributed by atoms with van der Waals surface area (Å²) in [5.74, 6) is -1.85. The lowest BCUT2D eigenvalue weighted by molar-refractivity contribution is -0.149. The average molecular weight is 489 g/mol. The van der Waals surface area contributed by atoms with Crippen LogP contribution in [0.25, 0.3) is 4.96 Å². The summed E-state index contributed by atoms with van der Waals surface area (Å²) in [5, 5.41) is 4.96. The van der Waals surface area contributed by atoms with Crippen LogP contribution in [-0.2, 0) is 29.0 Å². The summed E-state index contributed by atoms with van der Waals surface area (Å²) >= 11 is 1.28. The van der Waals surface area contributed by atoms with Gasteiger partial charge in [0.2, 0.25) is 4.96 Å². The van der Waals surface area contributed by atoms with E-state index in [2.05, 4.69) is 10.1 Å². The first-order valence-corrected chi connectivity index (χ1v) is 11.8. The summed E-state index contributed by atoms with van der Waals surface area (Å²) in [6.45, 7) is 1.65. The zero-order chi connectivity index (χ0) is 24.5. The molecule has 0 saturated carbocycles. The van der Waals surface area contributed by atoms with Gasteiger partial charge >= 0.3 is 5.97 Å². The predicted molar refractivity (Wildman–Crippen MR) is 127 cm³/mol. The first-order chi connectivity index (χ1) is 17.0. The van der Waals surface area contributed by atoms with Crippen LogP contribution in [0.3, 0.4) is 0 Å². The molecule has 5 rings (SSSR count). The number of fused-ring (bicyclic) bond motifs is 2. The number of hydrogen-bond acceptors (Lipinski definition) is 8. The molecule has 35 heavy (non-hydrogen) atoms. The topological polar surface area (TPSA) is 111 Å². The van der Waals surface area contributed by atoms with E-state index < -0.39 is 23.8 Å². The Morgan fingerprint density at radius 3 is 2.31 bits per heavy atom. The van der Waals surface area contributed by atoms with Crippen LogP contribution in [0.1, 0.15) is 43.9 Å². The molecule has 4 aromatic rings. The largest absolute Gasteiger partial charge is 0.458 e. The maximum Gasteiger partial charge on any atom is 0.330 e. The SMILES string of the molecule is CCc1nn2c(=O)cc(COC(=O)[C@H](Cc3ccccc3)N3C(=O)c4ccccc4C3=O)nc2s1. The second-order valence-electron chi connectivity index (χ2n) is 7.97. The Morgan fingerprint density at radius 1 is 1.00 bits per heavy atom. The number of hydrogen-bond donors (Lipinski definition) is 0. The van der Waals surface area contributed by atoms with Gasteiger partial charge in [0, 0.05) is 12.5 Å². The van der Waals surface area contributed by atoms with E-state index in [9.17, 15) is 19.2 Å². The molecular weight excluding hydrogens is 468 g/mol. The number of ether oxygens (including phenoxy) is 1. The number of amides is 2. The third-order valence-electron chi connectivity index (χ3n) is 5.69. The molecule has 0 N–H and O–H groups in total. The van der Waals surface area contributed by atoms with Crippen molar-refractivity contribution in [3.8, 4) is 0 Å². The minimum absolute atomic E-state index is 0.0922. The second kappa shape index (κ2) is 9.22. The van der Waals surface area contributed by atoms with Gasteiger partial charge in [-0.25, -0.2) is 9.78 Å². The molecule has 9 nitrogen and oxygen atoms in total. The standard InChI is InChI=1S/C25H20N4O5S/c1-2-20-27-29-21(30)13-16(26-25(29)35-20)14-34-24(33)19(12-15-8-4-3-5-9-15)28-22(31)17-10-6-7-11-18(17)23(28)32/h3-11,13,19H,2,12,14H2,1H3/t19-/m0/s1. The number of esters is 1. The van der Waals surface area contributed by atoms with Crippen molar-refractivity contribution in [3.05, 3.63) is 98.4 Å². The van der Waals surface area contributed by atoms with Gasteiger partial charge in [-0.1, -0.05) is 60.7 Å². The molecule has 0 spiro atoms. The molecule has 0 bridgehead atoms. The molecule has 1 atom stereocenters. The van der Waals surface area contributed by atoms with Crippen LogP contribution >= 0.6 is 11.3 Å². The van der Waals surface area contributed by atoms with Crippen LogP contribution in [0.2, 0.25) is 0 Å². The van der Waals surface area contributed by atoms with E-state index in [4.69, 9.17) is 4.74 Å². The average Bonchev–Trinajstić information content (AvgIpc) is 3.41. The Bertz CT molecular complexity index is 1480. The number of carbonyl (C=O) groups is 3. The van der Waals surface area contributed by atoms with E-state index in [1.165, 1.54) is 21.9 Å². The van der Waals surface area contributed by atoms with Gasteiger partial charge in [0.15, 0.2) is 0 Å². The molecule has 0 fully saturated rings. The van der Waals surface area contributed by atoms with Crippen LogP contribution in [0.5, 0.6) is 0 Å². The lowest BCUT2D eigenvalue weighted by Crippen LogP contribution is -2.47. The van der Waals surface area contributed by atoms with Gasteiger partial charge in [0.25, 0.3) is 17.4 Å². The molecule has 3 heterocycles. The molecule has 2 aromatic carbocycles. The van der Waals surface area contributed by atoms with Gasteiger partial charge in [-0.3, -0.25) is 19.3 Å². The molecule has 0 unspecified atom stereocenters. The molecule has 1 aliphatic rings. The number of aromatic nitrogens is 3. The minimum Gasteiger partial charge on any atom is -0.458 e. The molecule has 0 radical (unpaired) electrons. The summed E-state index contributed by atoms with van der Waals surface area (Å²) < 4.78 is 6.71. The normalized spacial score (nSPS) is 13.8. The minimum atomic E-state index is -1.18. The molecule has 0 aliphatic carbocycles. The van der Waals surface area contributed by atoms with Crippen molar-refractivity contribution in [2.24, 2.45) is 0 Å². The second-order valence-corrected chi connectivity index (χ2v) is 9.01. The summed E-state index contributed by atoms with van der Waals surface area (Å²) in [6.07, 6.45) is 0.758. The number of rotatable bonds is 7. The van der Waals surface area contributed by atoms with Crippen LogP contribution < -0.4 is 5.56 Å². The third kappa shape index (κ3) is 4.24. The van der Waals surface area contributed by atoms with E-state index in [1.807, 2.05) is 37.3 Å². The molecule has 176 valence electrons. The first kappa shape index (κ1) is 22.6. The highest BCUT2D eigenvalue weighted by molar-refractivity contribution is 7.16. The van der Waals surface area contributed by atoms with E-state index in [-0.39, 0.29) is 35.4 Å². The smallest absolute Gasteiger partial charge is 0.330 e. The van der Waals surface area contributed by atoms with Crippen molar-refractivity contribution in [1.29, 1.82) is 0 Å². The van der Waals surface area contributed by atoms with Crippen LogP contribution in [0, 0.1) is 0 Å². The van der Waals surface area contributed by atoms with Gasteiger partial charge in [-0.05, 0) is 24.1 Å². The predicted octanol–water partition coefficient (Wildman–Crippen LogP) is 2.66. The summed E-state index contributed by atoms with van der Waals surface area (Å²) in [4.78, 5) is 57.5. The van der Waals surface area contributed by atoms with Gasteiger partial charge in [0.1, 0.15) is 17.7 Å². The summed E-state index contributed by atoms with van der Waals surface area (Å²) in [6, 6.07) is 15.6. The monoisotopic (exact) mass is 488 g/mol. The Balaban J connectivity index is 1.42. The van der Waals surface area contributed by atoms with E-state index in [0.717, 1.165) is 15.5 Å². The number of aryl methyl sites for hydroxylation is 1. The van der Waals surface area contributed by atoms with Crippen molar-refractivity contribution < 1.29 is 19.1 Å². The zero-order valence-corrected chi connectivity index (χ0v) is 19.5. The zero-order valence-electron chi connectivity index (χ0n) is 18.7. The van der Waals surface area contributed by atoms with Crippen molar-refractivity contribution in [2.75, 3.05) is 0 Å². The number of carbonyl (C=O) groups excluding carboxylic acids is 3. The number of imide groups is 1. The first-order valence-electron chi connectivity index (χ1n) is 11.0. The molecule has 2 aromatic heterocycles. The Labute approximate surface area is 203 Å². The van der Waals surface area contributed by atoms with Gasteiger partial charge < -0.3 is 4.74 Å². The van der Waals surface area contributed by atoms with Gasteiger partial charge in [-0.2, -0.15) is 9.61 Å². The van der Waals surface area contributed by atoms with E-state index in [1.54, 1.807) is 24.3 Å². The highest BCUT2D eigenvalue weighted by Gasteiger charge is 2.43. The lowest BCUT2D eigenvalue weighted by atomic mass is 10.0. The fourth-order valence-corrected chi connectivity index (χ4v) is 4.82. The fraction of sp³-hybridized carbons (Fsp3) is 0.200. The summed E-state index contributed by atoms with van der Waals surface area (Å²) in [5.41, 5.74) is 1.15. The summed E-state index contributed by atoms with van der Waals surface area (Å²) in [7, 11) is 0. The molecule has 10 heteroatoms. The van der Waals surface area contributed by atoms with E-state index >= 15 is 0 Å².